The second-order valence-corrected chi connectivity index (χ2v) is 7.18. The third kappa shape index (κ3) is 2.45. The van der Waals surface area contributed by atoms with Crippen LogP contribution in [0.3, 0.4) is 0 Å². The van der Waals surface area contributed by atoms with Gasteiger partial charge in [-0.1, -0.05) is 41.9 Å². The molecule has 5 heteroatoms. The van der Waals surface area contributed by atoms with Gasteiger partial charge in [0, 0.05) is 21.8 Å². The molecule has 0 spiro atoms. The molecule has 0 aromatic heterocycles. The Morgan fingerprint density at radius 2 is 1.72 bits per heavy atom. The van der Waals surface area contributed by atoms with Crippen LogP contribution in [-0.4, -0.2) is 23.2 Å². The fourth-order valence-electron chi connectivity index (χ4n) is 3.40. The molecule has 1 heterocycles. The Morgan fingerprint density at radius 3 is 2.44 bits per heavy atom. The normalized spacial score (nSPS) is 20.8. The van der Waals surface area contributed by atoms with Crippen molar-refractivity contribution in [2.45, 2.75) is 25.5 Å². The highest BCUT2D eigenvalue weighted by molar-refractivity contribution is 6.52. The summed E-state index contributed by atoms with van der Waals surface area (Å²) in [7, 11) is 0. The van der Waals surface area contributed by atoms with E-state index in [1.54, 1.807) is 24.3 Å². The Labute approximate surface area is 150 Å². The van der Waals surface area contributed by atoms with Gasteiger partial charge < -0.3 is 10.1 Å². The molecule has 2 aromatic rings. The maximum atomic E-state index is 12.8. The van der Waals surface area contributed by atoms with Gasteiger partial charge >= 0.3 is 0 Å². The molecule has 1 aliphatic carbocycles. The van der Waals surface area contributed by atoms with Crippen molar-refractivity contribution in [1.29, 1.82) is 0 Å². The van der Waals surface area contributed by atoms with Crippen LogP contribution in [0.5, 0.6) is 0 Å². The lowest BCUT2D eigenvalue weighted by Gasteiger charge is -2.29. The maximum absolute atomic E-state index is 12.8. The van der Waals surface area contributed by atoms with E-state index in [4.69, 9.17) is 16.3 Å². The van der Waals surface area contributed by atoms with Gasteiger partial charge in [0.1, 0.15) is 11.4 Å². The van der Waals surface area contributed by atoms with Gasteiger partial charge in [-0.05, 0) is 32.0 Å². The summed E-state index contributed by atoms with van der Waals surface area (Å²) in [4.78, 5) is 25.3. The number of hydrogen-bond donors (Lipinski definition) is 1. The molecule has 4 rings (SSSR count). The van der Waals surface area contributed by atoms with Crippen LogP contribution in [0, 0.1) is 0 Å². The minimum absolute atomic E-state index is 0.383. The second kappa shape index (κ2) is 5.46. The van der Waals surface area contributed by atoms with Crippen molar-refractivity contribution in [3.8, 4) is 0 Å². The number of fused-ring (bicyclic) bond motifs is 2. The quantitative estimate of drug-likeness (QED) is 0.826. The first-order chi connectivity index (χ1) is 11.9. The number of carbonyl (C=O) groups excluding carboxylic acids is 2. The summed E-state index contributed by atoms with van der Waals surface area (Å²) in [5.74, 6) is -0.517. The molecular formula is C20H16ClNO3. The number of nitrogens with one attached hydrogen (secondary N) is 1. The highest BCUT2D eigenvalue weighted by Crippen LogP contribution is 2.44. The summed E-state index contributed by atoms with van der Waals surface area (Å²) < 4.78 is 6.12. The van der Waals surface area contributed by atoms with Gasteiger partial charge in [0.2, 0.25) is 11.6 Å². The number of ether oxygens (including phenoxy) is 1. The van der Waals surface area contributed by atoms with E-state index in [-0.39, 0.29) is 0 Å². The van der Waals surface area contributed by atoms with E-state index in [1.807, 2.05) is 38.1 Å². The van der Waals surface area contributed by atoms with Crippen LogP contribution in [0.2, 0.25) is 5.02 Å². The zero-order chi connectivity index (χ0) is 17.8. The first kappa shape index (κ1) is 15.9. The van der Waals surface area contributed by atoms with Crippen molar-refractivity contribution in [3.05, 3.63) is 70.3 Å². The number of anilines is 1. The molecule has 0 bridgehead atoms. The molecule has 25 heavy (non-hydrogen) atoms. The Morgan fingerprint density at radius 1 is 1.00 bits per heavy atom. The smallest absolute Gasteiger partial charge is 0.235 e. The Kier molecular flexibility index (Phi) is 3.48. The molecule has 0 fully saturated rings. The monoisotopic (exact) mass is 353 g/mol. The summed E-state index contributed by atoms with van der Waals surface area (Å²) in [6.45, 7) is 3.79. The molecule has 0 amide bonds. The van der Waals surface area contributed by atoms with Crippen LogP contribution < -0.4 is 5.32 Å². The molecule has 2 aliphatic rings. The van der Waals surface area contributed by atoms with Crippen molar-refractivity contribution in [2.24, 2.45) is 0 Å². The molecule has 4 nitrogen and oxygen atoms in total. The van der Waals surface area contributed by atoms with Crippen LogP contribution in [0.4, 0.5) is 5.69 Å². The molecule has 1 N–H and O–H groups in total. The summed E-state index contributed by atoms with van der Waals surface area (Å²) in [5, 5.41) is 3.90. The molecule has 2 aromatic carbocycles. The zero-order valence-electron chi connectivity index (χ0n) is 13.8. The Hall–Kier alpha value is -2.59. The molecule has 1 atom stereocenters. The van der Waals surface area contributed by atoms with E-state index in [0.717, 1.165) is 5.69 Å². The van der Waals surface area contributed by atoms with E-state index in [9.17, 15) is 9.59 Å². The van der Waals surface area contributed by atoms with Crippen LogP contribution in [0.1, 0.15) is 29.8 Å². The minimum atomic E-state index is -0.694. The zero-order valence-corrected chi connectivity index (χ0v) is 14.6. The number of halogens is 1. The summed E-state index contributed by atoms with van der Waals surface area (Å²) in [6, 6.07) is 13.8. The highest BCUT2D eigenvalue weighted by Gasteiger charge is 2.50. The lowest BCUT2D eigenvalue weighted by molar-refractivity contribution is -0.112. The van der Waals surface area contributed by atoms with Crippen molar-refractivity contribution < 1.29 is 14.3 Å². The fourth-order valence-corrected chi connectivity index (χ4v) is 3.59. The van der Waals surface area contributed by atoms with Crippen LogP contribution in [0.15, 0.2) is 54.1 Å². The molecule has 0 saturated carbocycles. The molecular weight excluding hydrogens is 338 g/mol. The second-order valence-electron chi connectivity index (χ2n) is 6.74. The third-order valence-electron chi connectivity index (χ3n) is 4.60. The predicted molar refractivity (Wildman–Crippen MR) is 96.7 cm³/mol. The minimum Gasteiger partial charge on any atom is -0.484 e. The van der Waals surface area contributed by atoms with Crippen LogP contribution in [0.25, 0.3) is 5.76 Å². The topological polar surface area (TPSA) is 55.4 Å². The van der Waals surface area contributed by atoms with Gasteiger partial charge in [0.15, 0.2) is 0 Å². The average molecular weight is 354 g/mol. The first-order valence-electron chi connectivity index (χ1n) is 8.02. The van der Waals surface area contributed by atoms with E-state index >= 15 is 0 Å². The Bertz CT molecular complexity index is 945. The fraction of sp³-hybridized carbons (Fsp3) is 0.200. The molecule has 0 radical (unpaired) electrons. The van der Waals surface area contributed by atoms with Crippen molar-refractivity contribution in [1.82, 2.24) is 0 Å². The molecule has 1 aliphatic heterocycles. The van der Waals surface area contributed by atoms with Crippen LogP contribution in [-0.2, 0) is 9.53 Å². The number of rotatable bonds is 2. The summed E-state index contributed by atoms with van der Waals surface area (Å²) >= 11 is 6.05. The summed E-state index contributed by atoms with van der Waals surface area (Å²) in [5.41, 5.74) is 1.52. The number of hydrogen-bond acceptors (Lipinski definition) is 4. The first-order valence-corrected chi connectivity index (χ1v) is 8.40. The van der Waals surface area contributed by atoms with E-state index in [0.29, 0.717) is 27.5 Å². The van der Waals surface area contributed by atoms with Gasteiger partial charge in [-0.2, -0.15) is 0 Å². The van der Waals surface area contributed by atoms with Gasteiger partial charge in [-0.15, -0.1) is 0 Å². The van der Waals surface area contributed by atoms with Crippen LogP contribution >= 0.6 is 11.6 Å². The lowest BCUT2D eigenvalue weighted by atomic mass is 9.83. The standard InChI is InChI=1S/C20H16ClNO3/c1-20(2)19(22-12-7-5-6-11(21)10-12)15-17(24)16(23)13-8-3-4-9-14(13)18(15)25-20/h3-10,19,22H,1-2H3. The average Bonchev–Trinajstić information content (AvgIpc) is 2.84. The van der Waals surface area contributed by atoms with E-state index in [1.165, 1.54) is 0 Å². The van der Waals surface area contributed by atoms with Gasteiger partial charge in [-0.3, -0.25) is 9.59 Å². The van der Waals surface area contributed by atoms with Crippen molar-refractivity contribution in [3.63, 3.8) is 0 Å². The highest BCUT2D eigenvalue weighted by atomic mass is 35.5. The number of ketones is 2. The lowest BCUT2D eigenvalue weighted by Crippen LogP contribution is -2.43. The largest absolute Gasteiger partial charge is 0.484 e. The SMILES string of the molecule is CC1(C)OC2=C(C(=O)C(=O)c3ccccc32)C1Nc1cccc(Cl)c1. The van der Waals surface area contributed by atoms with Gasteiger partial charge in [0.05, 0.1) is 11.6 Å². The molecule has 1 unspecified atom stereocenters. The third-order valence-corrected chi connectivity index (χ3v) is 4.83. The van der Waals surface area contributed by atoms with Gasteiger partial charge in [0.25, 0.3) is 0 Å². The Balaban J connectivity index is 1.84. The van der Waals surface area contributed by atoms with Gasteiger partial charge in [-0.25, -0.2) is 0 Å². The molecule has 126 valence electrons. The number of carbonyl (C=O) groups is 2. The molecule has 0 saturated heterocycles. The maximum Gasteiger partial charge on any atom is 0.235 e. The van der Waals surface area contributed by atoms with Crippen molar-refractivity contribution in [2.75, 3.05) is 5.32 Å². The number of Topliss-reactive ketones (excluding diaryl/α,β-unsaturated/α-hetero) is 2. The summed E-state index contributed by atoms with van der Waals surface area (Å²) in [6.07, 6.45) is 0. The predicted octanol–water partition coefficient (Wildman–Crippen LogP) is 4.11. The van der Waals surface area contributed by atoms with E-state index < -0.39 is 23.2 Å². The van der Waals surface area contributed by atoms with Crippen molar-refractivity contribution >= 4 is 34.6 Å². The number of benzene rings is 2. The van der Waals surface area contributed by atoms with E-state index in [2.05, 4.69) is 5.32 Å².